The van der Waals surface area contributed by atoms with Crippen molar-refractivity contribution in [3.05, 3.63) is 190 Å². The van der Waals surface area contributed by atoms with E-state index in [0.29, 0.717) is 11.5 Å². The summed E-state index contributed by atoms with van der Waals surface area (Å²) in [7, 11) is 0. The van der Waals surface area contributed by atoms with Gasteiger partial charge in [-0.3, -0.25) is 0 Å². The van der Waals surface area contributed by atoms with E-state index in [1.807, 2.05) is 38.1 Å². The second-order valence-corrected chi connectivity index (χ2v) is 17.9. The molecule has 300 valence electrons. The van der Waals surface area contributed by atoms with Crippen LogP contribution in [0.15, 0.2) is 146 Å². The van der Waals surface area contributed by atoms with Gasteiger partial charge in [0, 0.05) is 0 Å². The Kier molecular flexibility index (Phi) is 14.5. The van der Waals surface area contributed by atoms with Crippen LogP contribution in [0, 0.1) is 27.7 Å². The number of phenolic OH excluding ortho intramolecular Hbond substituents is 2. The molecule has 8 aromatic rings. The Morgan fingerprint density at radius 3 is 1.12 bits per heavy atom. The number of aryl methyl sites for hydroxylation is 6. The van der Waals surface area contributed by atoms with Crippen molar-refractivity contribution < 1.29 is 36.4 Å². The molecule has 0 atom stereocenters. The van der Waals surface area contributed by atoms with E-state index in [1.54, 1.807) is 12.1 Å². The molecule has 0 saturated carbocycles. The zero-order valence-electron chi connectivity index (χ0n) is 36.7. The van der Waals surface area contributed by atoms with Gasteiger partial charge in [-0.05, 0) is 59.1 Å². The molecule has 3 heteroatoms. The summed E-state index contributed by atoms with van der Waals surface area (Å²) in [5.41, 5.74) is 15.5. The zero-order chi connectivity index (χ0) is 41.8. The minimum atomic E-state index is 0. The summed E-state index contributed by atoms with van der Waals surface area (Å²) in [6.07, 6.45) is 2.09. The average molecular weight is 856 g/mol. The van der Waals surface area contributed by atoms with Gasteiger partial charge in [0.1, 0.15) is 11.5 Å². The molecule has 0 bridgehead atoms. The van der Waals surface area contributed by atoms with E-state index in [1.165, 1.54) is 77.2 Å². The smallest absolute Gasteiger partial charge is 0.508 e. The first kappa shape index (κ1) is 45.1. The molecular formula is C56H60O2Zr. The molecule has 8 aromatic carbocycles. The van der Waals surface area contributed by atoms with Crippen molar-refractivity contribution in [3.63, 3.8) is 0 Å². The van der Waals surface area contributed by atoms with Crippen LogP contribution in [0.4, 0.5) is 0 Å². The number of hydrogen-bond acceptors (Lipinski definition) is 2. The Bertz CT molecular complexity index is 2440. The van der Waals surface area contributed by atoms with Crippen molar-refractivity contribution in [1.82, 2.24) is 0 Å². The molecule has 0 aliphatic carbocycles. The first-order valence-corrected chi connectivity index (χ1v) is 20.6. The molecule has 0 radical (unpaired) electrons. The van der Waals surface area contributed by atoms with E-state index >= 15 is 0 Å². The molecule has 59 heavy (non-hydrogen) atoms. The first-order chi connectivity index (χ1) is 27.5. The van der Waals surface area contributed by atoms with Gasteiger partial charge in [0.25, 0.3) is 0 Å². The third-order valence-electron chi connectivity index (χ3n) is 11.2. The summed E-state index contributed by atoms with van der Waals surface area (Å²) in [5, 5.41) is 24.7. The van der Waals surface area contributed by atoms with Gasteiger partial charge in [-0.15, -0.1) is 69.1 Å². The van der Waals surface area contributed by atoms with E-state index in [4.69, 9.17) is 0 Å². The third kappa shape index (κ3) is 10.6. The quantitative estimate of drug-likeness (QED) is 0.169. The van der Waals surface area contributed by atoms with Gasteiger partial charge in [0.2, 0.25) is 0 Å². The maximum atomic E-state index is 9.57. The Labute approximate surface area is 372 Å². The van der Waals surface area contributed by atoms with Crippen LogP contribution in [-0.4, -0.2) is 10.2 Å². The molecule has 8 rings (SSSR count). The van der Waals surface area contributed by atoms with Crippen LogP contribution in [-0.2, 0) is 49.9 Å². The van der Waals surface area contributed by atoms with Crippen molar-refractivity contribution in [2.75, 3.05) is 0 Å². The van der Waals surface area contributed by atoms with Crippen LogP contribution in [0.1, 0.15) is 86.1 Å². The maximum Gasteiger partial charge on any atom is 2.00 e. The van der Waals surface area contributed by atoms with Crippen LogP contribution in [0.5, 0.6) is 11.5 Å². The minimum absolute atomic E-state index is 0. The van der Waals surface area contributed by atoms with Crippen molar-refractivity contribution in [1.29, 1.82) is 0 Å². The first-order valence-electron chi connectivity index (χ1n) is 20.6. The van der Waals surface area contributed by atoms with Gasteiger partial charge < -0.3 is 10.2 Å². The summed E-state index contributed by atoms with van der Waals surface area (Å²) in [4.78, 5) is 0. The molecular weight excluding hydrogens is 796 g/mol. The number of fused-ring (bicyclic) bond motifs is 2. The second-order valence-electron chi connectivity index (χ2n) is 17.9. The summed E-state index contributed by atoms with van der Waals surface area (Å²) in [6.45, 7) is 21.2. The van der Waals surface area contributed by atoms with Gasteiger partial charge in [0.05, 0.1) is 0 Å². The Balaban J connectivity index is 0.000000217. The molecule has 0 aromatic heterocycles. The summed E-state index contributed by atoms with van der Waals surface area (Å²) in [5.74, 6) is 0.793. The zero-order valence-corrected chi connectivity index (χ0v) is 39.1. The predicted molar refractivity (Wildman–Crippen MR) is 250 cm³/mol. The molecule has 0 unspecified atom stereocenters. The van der Waals surface area contributed by atoms with Crippen LogP contribution in [0.3, 0.4) is 0 Å². The molecule has 2 nitrogen and oxygen atoms in total. The summed E-state index contributed by atoms with van der Waals surface area (Å²) in [6, 6.07) is 51.2. The topological polar surface area (TPSA) is 40.5 Å². The van der Waals surface area contributed by atoms with Crippen LogP contribution in [0.25, 0.3) is 43.8 Å². The number of benzene rings is 6. The fourth-order valence-corrected chi connectivity index (χ4v) is 8.20. The van der Waals surface area contributed by atoms with Crippen LogP contribution in [0.2, 0.25) is 0 Å². The van der Waals surface area contributed by atoms with Gasteiger partial charge in [-0.1, -0.05) is 188 Å². The molecule has 2 N–H and O–H groups in total. The van der Waals surface area contributed by atoms with Crippen molar-refractivity contribution in [2.45, 2.75) is 92.9 Å². The van der Waals surface area contributed by atoms with Crippen molar-refractivity contribution in [3.8, 4) is 33.8 Å². The van der Waals surface area contributed by atoms with E-state index in [0.717, 1.165) is 24.0 Å². The molecule has 0 amide bonds. The van der Waals surface area contributed by atoms with Gasteiger partial charge in [-0.25, -0.2) is 0 Å². The van der Waals surface area contributed by atoms with E-state index in [-0.39, 0.29) is 37.0 Å². The van der Waals surface area contributed by atoms with Gasteiger partial charge >= 0.3 is 26.2 Å². The van der Waals surface area contributed by atoms with Crippen molar-refractivity contribution in [2.24, 2.45) is 0 Å². The average Bonchev–Trinajstić information content (AvgIpc) is 3.70. The van der Waals surface area contributed by atoms with E-state index in [2.05, 4.69) is 165 Å². The van der Waals surface area contributed by atoms with Gasteiger partial charge in [0.15, 0.2) is 0 Å². The Hall–Kier alpha value is -4.98. The van der Waals surface area contributed by atoms with E-state index in [9.17, 15) is 10.2 Å². The SMILES string of the molecule is Cc1[cH-]c2cccc(-c3ccccc3)c2c1CCc1c(C)[cH-]c2cccc(-c3ccccc3)c12.Cc1ccc(O)c(C(C)(C)C)c1.Cc1ccc(O)c(C(C)(C)C)c1.[Zr+2]. The van der Waals surface area contributed by atoms with E-state index < -0.39 is 0 Å². The van der Waals surface area contributed by atoms with Crippen LogP contribution >= 0.6 is 0 Å². The van der Waals surface area contributed by atoms with Crippen molar-refractivity contribution >= 4 is 21.5 Å². The number of rotatable bonds is 5. The molecule has 0 spiro atoms. The third-order valence-corrected chi connectivity index (χ3v) is 11.2. The number of aromatic hydroxyl groups is 2. The Morgan fingerprint density at radius 1 is 0.441 bits per heavy atom. The fraction of sp³-hybridized carbons (Fsp3) is 0.250. The maximum absolute atomic E-state index is 9.57. The monoisotopic (exact) mass is 854 g/mol. The summed E-state index contributed by atoms with van der Waals surface area (Å²) < 4.78 is 0. The largest absolute Gasteiger partial charge is 2.00 e. The number of phenols is 2. The molecule has 0 saturated heterocycles. The molecule has 0 aliphatic heterocycles. The minimum Gasteiger partial charge on any atom is -0.508 e. The normalized spacial score (nSPS) is 11.4. The number of hydrogen-bond donors (Lipinski definition) is 2. The fourth-order valence-electron chi connectivity index (χ4n) is 8.20. The summed E-state index contributed by atoms with van der Waals surface area (Å²) >= 11 is 0. The predicted octanol–water partition coefficient (Wildman–Crippen LogP) is 15.2. The van der Waals surface area contributed by atoms with Crippen LogP contribution < -0.4 is 0 Å². The molecule has 0 fully saturated rings. The molecule has 0 aliphatic rings. The second kappa shape index (κ2) is 18.9. The van der Waals surface area contributed by atoms with Gasteiger partial charge in [-0.2, -0.15) is 11.1 Å². The Morgan fingerprint density at radius 2 is 0.797 bits per heavy atom. The molecule has 0 heterocycles. The standard InChI is InChI=1S/C34H28.2C11H16O.Zr/c1-23-21-27-15-9-17-31(25-11-5-3-6-12-25)33(27)29(23)19-20-30-24(2)22-28-16-10-18-32(34(28)30)26-13-7-4-8-14-26;2*1-8-5-6-10(12)9(7-8)11(2,3)4;/h3-18,21-22H,19-20H2,1-2H3;2*5-7,12H,1-4H3;/q-2;;;+2.